The van der Waals surface area contributed by atoms with Crippen LogP contribution in [0, 0.1) is 0 Å². The highest BCUT2D eigenvalue weighted by atomic mass is 35.5. The Morgan fingerprint density at radius 1 is 1.33 bits per heavy atom. The Hall–Kier alpha value is -0.880. The molecule has 0 radical (unpaired) electrons. The minimum absolute atomic E-state index is 0.00938. The van der Waals surface area contributed by atoms with Crippen LogP contribution >= 0.6 is 11.6 Å². The van der Waals surface area contributed by atoms with Crippen molar-refractivity contribution in [1.82, 2.24) is 10.0 Å². The Morgan fingerprint density at radius 3 is 2.67 bits per heavy atom. The summed E-state index contributed by atoms with van der Waals surface area (Å²) in [6, 6.07) is 6.98. The van der Waals surface area contributed by atoms with Crippen LogP contribution in [0.2, 0.25) is 5.02 Å². The van der Waals surface area contributed by atoms with Crippen molar-refractivity contribution in [2.75, 3.05) is 13.1 Å². The second-order valence-corrected chi connectivity index (χ2v) is 6.24. The summed E-state index contributed by atoms with van der Waals surface area (Å²) in [6.45, 7) is 1.54. The standard InChI is InChI=1S/C12H15ClN2O2S/c13-11-3-1-10(2-4-11)6-8-18(16,17)15-12-5-7-14-9-12/h1-4,6,8,12,14-15H,5,7,9H2/t12-/m1/s1. The SMILES string of the molecule is O=S(=O)(C=Cc1ccc(Cl)cc1)N[C@@H]1CCNC1. The molecule has 0 spiro atoms. The summed E-state index contributed by atoms with van der Waals surface area (Å²) in [7, 11) is -3.38. The normalized spacial score (nSPS) is 20.6. The van der Waals surface area contributed by atoms with Crippen molar-refractivity contribution < 1.29 is 8.42 Å². The fourth-order valence-electron chi connectivity index (χ4n) is 1.77. The average Bonchev–Trinajstić information content (AvgIpc) is 2.80. The number of nitrogens with one attached hydrogen (secondary N) is 2. The second-order valence-electron chi connectivity index (χ2n) is 4.21. The molecule has 1 saturated heterocycles. The summed E-state index contributed by atoms with van der Waals surface area (Å²) in [4.78, 5) is 0. The van der Waals surface area contributed by atoms with Gasteiger partial charge < -0.3 is 5.32 Å². The third-order valence-corrected chi connectivity index (χ3v) is 4.11. The van der Waals surface area contributed by atoms with Crippen LogP contribution in [0.3, 0.4) is 0 Å². The lowest BCUT2D eigenvalue weighted by molar-refractivity contribution is 0.569. The topological polar surface area (TPSA) is 58.2 Å². The molecule has 0 unspecified atom stereocenters. The monoisotopic (exact) mass is 286 g/mol. The zero-order valence-electron chi connectivity index (χ0n) is 9.77. The van der Waals surface area contributed by atoms with E-state index in [0.29, 0.717) is 11.6 Å². The average molecular weight is 287 g/mol. The Labute approximate surface area is 112 Å². The first-order valence-corrected chi connectivity index (χ1v) is 7.64. The van der Waals surface area contributed by atoms with E-state index in [-0.39, 0.29) is 6.04 Å². The van der Waals surface area contributed by atoms with Crippen molar-refractivity contribution in [3.05, 3.63) is 40.3 Å². The van der Waals surface area contributed by atoms with Gasteiger partial charge in [-0.15, -0.1) is 0 Å². The van der Waals surface area contributed by atoms with Crippen LogP contribution in [0.15, 0.2) is 29.7 Å². The molecule has 1 atom stereocenters. The third-order valence-electron chi connectivity index (χ3n) is 2.70. The lowest BCUT2D eigenvalue weighted by atomic mass is 10.2. The van der Waals surface area contributed by atoms with Gasteiger partial charge in [-0.3, -0.25) is 0 Å². The fourth-order valence-corrected chi connectivity index (χ4v) is 2.98. The molecular weight excluding hydrogens is 272 g/mol. The minimum atomic E-state index is -3.38. The van der Waals surface area contributed by atoms with E-state index in [1.54, 1.807) is 30.3 Å². The van der Waals surface area contributed by atoms with Crippen LogP contribution < -0.4 is 10.0 Å². The Balaban J connectivity index is 2.00. The van der Waals surface area contributed by atoms with Crippen LogP contribution in [-0.4, -0.2) is 27.5 Å². The molecule has 6 heteroatoms. The van der Waals surface area contributed by atoms with Crippen LogP contribution in [0.4, 0.5) is 0 Å². The zero-order chi connectivity index (χ0) is 13.0. The van der Waals surface area contributed by atoms with Gasteiger partial charge in [0.2, 0.25) is 10.0 Å². The van der Waals surface area contributed by atoms with Gasteiger partial charge in [0, 0.05) is 23.0 Å². The molecule has 0 amide bonds. The van der Waals surface area contributed by atoms with Gasteiger partial charge in [0.05, 0.1) is 0 Å². The second kappa shape index (κ2) is 5.84. The molecule has 0 saturated carbocycles. The van der Waals surface area contributed by atoms with Crippen LogP contribution in [0.25, 0.3) is 6.08 Å². The van der Waals surface area contributed by atoms with Gasteiger partial charge in [-0.05, 0) is 36.7 Å². The van der Waals surface area contributed by atoms with Gasteiger partial charge in [-0.25, -0.2) is 13.1 Å². The Morgan fingerprint density at radius 2 is 2.06 bits per heavy atom. The van der Waals surface area contributed by atoms with E-state index in [4.69, 9.17) is 11.6 Å². The van der Waals surface area contributed by atoms with Crippen molar-refractivity contribution in [3.63, 3.8) is 0 Å². The zero-order valence-corrected chi connectivity index (χ0v) is 11.3. The summed E-state index contributed by atoms with van der Waals surface area (Å²) >= 11 is 5.75. The van der Waals surface area contributed by atoms with E-state index in [1.807, 2.05) is 0 Å². The number of sulfonamides is 1. The molecule has 0 aliphatic carbocycles. The van der Waals surface area contributed by atoms with E-state index in [9.17, 15) is 8.42 Å². The van der Waals surface area contributed by atoms with Gasteiger partial charge in [0.25, 0.3) is 0 Å². The van der Waals surface area contributed by atoms with E-state index in [0.717, 1.165) is 18.5 Å². The summed E-state index contributed by atoms with van der Waals surface area (Å²) in [5, 5.41) is 4.93. The molecule has 0 aromatic heterocycles. The maximum atomic E-state index is 11.8. The highest BCUT2D eigenvalue weighted by Gasteiger charge is 2.18. The summed E-state index contributed by atoms with van der Waals surface area (Å²) in [5.41, 5.74) is 0.800. The van der Waals surface area contributed by atoms with Gasteiger partial charge in [0.15, 0.2) is 0 Å². The minimum Gasteiger partial charge on any atom is -0.315 e. The van der Waals surface area contributed by atoms with Crippen molar-refractivity contribution >= 4 is 27.7 Å². The molecule has 2 rings (SSSR count). The molecular formula is C12H15ClN2O2S. The molecule has 1 aromatic carbocycles. The number of hydrogen-bond acceptors (Lipinski definition) is 3. The third kappa shape index (κ3) is 4.10. The number of rotatable bonds is 4. The lowest BCUT2D eigenvalue weighted by Gasteiger charge is -2.08. The van der Waals surface area contributed by atoms with Gasteiger partial charge in [-0.2, -0.15) is 0 Å². The van der Waals surface area contributed by atoms with E-state index in [2.05, 4.69) is 10.0 Å². The predicted molar refractivity (Wildman–Crippen MR) is 73.8 cm³/mol. The van der Waals surface area contributed by atoms with E-state index in [1.165, 1.54) is 5.41 Å². The molecule has 1 aliphatic heterocycles. The maximum absolute atomic E-state index is 11.8. The molecule has 1 heterocycles. The maximum Gasteiger partial charge on any atom is 0.234 e. The first-order valence-electron chi connectivity index (χ1n) is 5.72. The predicted octanol–water partition coefficient (Wildman–Crippen LogP) is 1.59. The molecule has 0 bridgehead atoms. The summed E-state index contributed by atoms with van der Waals surface area (Å²) in [5.74, 6) is 0. The fraction of sp³-hybridized carbons (Fsp3) is 0.333. The largest absolute Gasteiger partial charge is 0.315 e. The van der Waals surface area contributed by atoms with Crippen molar-refractivity contribution in [2.45, 2.75) is 12.5 Å². The van der Waals surface area contributed by atoms with Crippen molar-refractivity contribution in [3.8, 4) is 0 Å². The molecule has 18 heavy (non-hydrogen) atoms. The Kier molecular flexibility index (Phi) is 4.40. The van der Waals surface area contributed by atoms with Gasteiger partial charge in [0.1, 0.15) is 0 Å². The number of hydrogen-bond donors (Lipinski definition) is 2. The quantitative estimate of drug-likeness (QED) is 0.884. The van der Waals surface area contributed by atoms with Crippen LogP contribution in [0.1, 0.15) is 12.0 Å². The molecule has 4 nitrogen and oxygen atoms in total. The Bertz CT molecular complexity index is 520. The molecule has 1 aromatic rings. The summed E-state index contributed by atoms with van der Waals surface area (Å²) < 4.78 is 26.2. The van der Waals surface area contributed by atoms with Crippen molar-refractivity contribution in [2.24, 2.45) is 0 Å². The van der Waals surface area contributed by atoms with Crippen LogP contribution in [-0.2, 0) is 10.0 Å². The van der Waals surface area contributed by atoms with Gasteiger partial charge >= 0.3 is 0 Å². The van der Waals surface area contributed by atoms with Crippen molar-refractivity contribution in [1.29, 1.82) is 0 Å². The molecule has 2 N–H and O–H groups in total. The highest BCUT2D eigenvalue weighted by Crippen LogP contribution is 2.11. The van der Waals surface area contributed by atoms with Gasteiger partial charge in [-0.1, -0.05) is 23.7 Å². The first kappa shape index (κ1) is 13.5. The van der Waals surface area contributed by atoms with Crippen LogP contribution in [0.5, 0.6) is 0 Å². The molecule has 98 valence electrons. The lowest BCUT2D eigenvalue weighted by Crippen LogP contribution is -2.34. The smallest absolute Gasteiger partial charge is 0.234 e. The van der Waals surface area contributed by atoms with E-state index >= 15 is 0 Å². The highest BCUT2D eigenvalue weighted by molar-refractivity contribution is 7.92. The molecule has 1 fully saturated rings. The molecule has 1 aliphatic rings. The first-order chi connectivity index (χ1) is 8.55. The van der Waals surface area contributed by atoms with E-state index < -0.39 is 10.0 Å². The summed E-state index contributed by atoms with van der Waals surface area (Å²) in [6.07, 6.45) is 2.38. The number of benzene rings is 1. The number of halogens is 1.